The summed E-state index contributed by atoms with van der Waals surface area (Å²) in [4.78, 5) is 17.6. The fraction of sp³-hybridized carbons (Fsp3) is 0.364. The molecule has 0 radical (unpaired) electrons. The van der Waals surface area contributed by atoms with Gasteiger partial charge in [0.15, 0.2) is 0 Å². The maximum absolute atomic E-state index is 13.1. The molecule has 0 aliphatic heterocycles. The Bertz CT molecular complexity index is 907. The highest BCUT2D eigenvalue weighted by atomic mass is 16.1. The first kappa shape index (κ1) is 17.4. The van der Waals surface area contributed by atoms with Crippen molar-refractivity contribution in [3.63, 3.8) is 0 Å². The molecule has 3 nitrogen and oxygen atoms in total. The minimum atomic E-state index is 0.0510. The molecule has 2 aromatic heterocycles. The third-order valence-electron chi connectivity index (χ3n) is 4.58. The third-order valence-corrected chi connectivity index (χ3v) is 4.58. The molecule has 25 heavy (non-hydrogen) atoms. The average molecular weight is 334 g/mol. The van der Waals surface area contributed by atoms with E-state index in [1.54, 1.807) is 6.20 Å². The second kappa shape index (κ2) is 7.64. The molecule has 0 aliphatic carbocycles. The second-order valence-corrected chi connectivity index (χ2v) is 7.06. The van der Waals surface area contributed by atoms with Gasteiger partial charge in [0.2, 0.25) is 0 Å². The second-order valence-electron chi connectivity index (χ2n) is 7.06. The Morgan fingerprint density at radius 3 is 2.56 bits per heavy atom. The minimum absolute atomic E-state index is 0.0510. The van der Waals surface area contributed by atoms with Crippen LogP contribution in [0.5, 0.6) is 0 Å². The van der Waals surface area contributed by atoms with E-state index in [9.17, 15) is 4.79 Å². The van der Waals surface area contributed by atoms with E-state index in [1.165, 1.54) is 5.56 Å². The minimum Gasteiger partial charge on any atom is -0.292 e. The van der Waals surface area contributed by atoms with E-state index < -0.39 is 0 Å². The van der Waals surface area contributed by atoms with Crippen molar-refractivity contribution in [1.29, 1.82) is 0 Å². The summed E-state index contributed by atoms with van der Waals surface area (Å²) in [7, 11) is 0. The predicted molar refractivity (Wildman–Crippen MR) is 105 cm³/mol. The normalized spacial score (nSPS) is 11.4. The van der Waals surface area contributed by atoms with Gasteiger partial charge in [0.25, 0.3) is 5.56 Å². The van der Waals surface area contributed by atoms with Crippen LogP contribution in [0.1, 0.15) is 39.2 Å². The van der Waals surface area contributed by atoms with Crippen LogP contribution in [-0.2, 0) is 13.0 Å². The van der Waals surface area contributed by atoms with E-state index in [1.807, 2.05) is 22.8 Å². The van der Waals surface area contributed by atoms with Gasteiger partial charge in [-0.15, -0.1) is 0 Å². The molecule has 0 saturated carbocycles. The van der Waals surface area contributed by atoms with Gasteiger partial charge in [0, 0.05) is 23.7 Å². The molecule has 0 N–H and O–H groups in total. The van der Waals surface area contributed by atoms with Crippen molar-refractivity contribution in [3.8, 4) is 11.1 Å². The van der Waals surface area contributed by atoms with Gasteiger partial charge in [-0.25, -0.2) is 4.98 Å². The summed E-state index contributed by atoms with van der Waals surface area (Å²) in [5.41, 5.74) is 3.88. The SMILES string of the molecule is CCCc1ccc(-c2cc3cccnc3n(CCC(C)C)c2=O)cc1. The van der Waals surface area contributed by atoms with Crippen LogP contribution < -0.4 is 5.56 Å². The Balaban J connectivity index is 2.11. The zero-order chi connectivity index (χ0) is 17.8. The lowest BCUT2D eigenvalue weighted by Crippen LogP contribution is -2.23. The molecule has 3 heteroatoms. The highest BCUT2D eigenvalue weighted by molar-refractivity contribution is 5.81. The van der Waals surface area contributed by atoms with Crippen molar-refractivity contribution < 1.29 is 0 Å². The molecular formula is C22H26N2O. The summed E-state index contributed by atoms with van der Waals surface area (Å²) in [6, 6.07) is 14.3. The Hall–Kier alpha value is -2.42. The van der Waals surface area contributed by atoms with Crippen LogP contribution in [-0.4, -0.2) is 9.55 Å². The number of aryl methyl sites for hydroxylation is 2. The Kier molecular flexibility index (Phi) is 5.32. The van der Waals surface area contributed by atoms with Crippen molar-refractivity contribution in [2.75, 3.05) is 0 Å². The van der Waals surface area contributed by atoms with Crippen LogP contribution in [0.3, 0.4) is 0 Å². The summed E-state index contributed by atoms with van der Waals surface area (Å²) in [5, 5.41) is 1.01. The van der Waals surface area contributed by atoms with Gasteiger partial charge in [0.05, 0.1) is 0 Å². The van der Waals surface area contributed by atoms with Crippen LogP contribution in [0.2, 0.25) is 0 Å². The summed E-state index contributed by atoms with van der Waals surface area (Å²) in [6.07, 6.45) is 4.92. The quantitative estimate of drug-likeness (QED) is 0.631. The summed E-state index contributed by atoms with van der Waals surface area (Å²) >= 11 is 0. The Labute approximate surface area is 149 Å². The number of nitrogens with zero attached hydrogens (tertiary/aromatic N) is 2. The molecule has 0 spiro atoms. The number of hydrogen-bond acceptors (Lipinski definition) is 2. The highest BCUT2D eigenvalue weighted by Gasteiger charge is 2.12. The smallest absolute Gasteiger partial charge is 0.260 e. The van der Waals surface area contributed by atoms with E-state index >= 15 is 0 Å². The molecule has 0 unspecified atom stereocenters. The van der Waals surface area contributed by atoms with Crippen molar-refractivity contribution >= 4 is 11.0 Å². The molecule has 1 aromatic carbocycles. The molecule has 130 valence electrons. The van der Waals surface area contributed by atoms with Crippen molar-refractivity contribution in [3.05, 3.63) is 64.6 Å². The highest BCUT2D eigenvalue weighted by Crippen LogP contribution is 2.21. The zero-order valence-corrected chi connectivity index (χ0v) is 15.3. The monoisotopic (exact) mass is 334 g/mol. The summed E-state index contributed by atoms with van der Waals surface area (Å²) < 4.78 is 1.84. The molecule has 0 aliphatic rings. The van der Waals surface area contributed by atoms with Crippen LogP contribution in [0.4, 0.5) is 0 Å². The fourth-order valence-corrected chi connectivity index (χ4v) is 3.15. The van der Waals surface area contributed by atoms with E-state index in [4.69, 9.17) is 0 Å². The van der Waals surface area contributed by atoms with E-state index in [0.717, 1.165) is 41.4 Å². The number of rotatable bonds is 6. The van der Waals surface area contributed by atoms with Gasteiger partial charge in [-0.05, 0) is 48.1 Å². The first-order valence-electron chi connectivity index (χ1n) is 9.18. The first-order valence-corrected chi connectivity index (χ1v) is 9.18. The molecule has 0 bridgehead atoms. The lowest BCUT2D eigenvalue weighted by Gasteiger charge is -2.13. The molecule has 0 saturated heterocycles. The van der Waals surface area contributed by atoms with Crippen molar-refractivity contribution in [2.45, 2.75) is 46.6 Å². The molecule has 3 aromatic rings. The van der Waals surface area contributed by atoms with Gasteiger partial charge in [-0.1, -0.05) is 51.5 Å². The van der Waals surface area contributed by atoms with Gasteiger partial charge in [-0.2, -0.15) is 0 Å². The summed E-state index contributed by atoms with van der Waals surface area (Å²) in [5.74, 6) is 0.544. The van der Waals surface area contributed by atoms with Crippen LogP contribution in [0.15, 0.2) is 53.5 Å². The maximum Gasteiger partial charge on any atom is 0.260 e. The van der Waals surface area contributed by atoms with E-state index in [0.29, 0.717) is 12.5 Å². The van der Waals surface area contributed by atoms with Crippen molar-refractivity contribution in [1.82, 2.24) is 9.55 Å². The number of pyridine rings is 2. The third kappa shape index (κ3) is 3.81. The molecule has 0 amide bonds. The zero-order valence-electron chi connectivity index (χ0n) is 15.3. The van der Waals surface area contributed by atoms with E-state index in [-0.39, 0.29) is 5.56 Å². The molecule has 2 heterocycles. The number of fused-ring (bicyclic) bond motifs is 1. The van der Waals surface area contributed by atoms with Gasteiger partial charge < -0.3 is 0 Å². The number of benzene rings is 1. The molecule has 0 fully saturated rings. The number of hydrogen-bond donors (Lipinski definition) is 0. The summed E-state index contributed by atoms with van der Waals surface area (Å²) in [6.45, 7) is 7.23. The van der Waals surface area contributed by atoms with E-state index in [2.05, 4.69) is 50.0 Å². The van der Waals surface area contributed by atoms with Gasteiger partial charge in [-0.3, -0.25) is 9.36 Å². The molecule has 3 rings (SSSR count). The lowest BCUT2D eigenvalue weighted by molar-refractivity contribution is 0.515. The fourth-order valence-electron chi connectivity index (χ4n) is 3.15. The molecule has 0 atom stereocenters. The Morgan fingerprint density at radius 2 is 1.88 bits per heavy atom. The average Bonchev–Trinajstić information content (AvgIpc) is 2.61. The standard InChI is InChI=1S/C22H26N2O/c1-4-6-17-8-10-18(11-9-17)20-15-19-7-5-13-23-21(19)24(22(20)25)14-12-16(2)3/h5,7-11,13,15-16H,4,6,12,14H2,1-3H3. The van der Waals surface area contributed by atoms with Crippen LogP contribution in [0, 0.1) is 5.92 Å². The van der Waals surface area contributed by atoms with Gasteiger partial charge in [0.1, 0.15) is 5.65 Å². The van der Waals surface area contributed by atoms with Crippen LogP contribution in [0.25, 0.3) is 22.2 Å². The lowest BCUT2D eigenvalue weighted by atomic mass is 10.0. The topological polar surface area (TPSA) is 34.9 Å². The van der Waals surface area contributed by atoms with Crippen LogP contribution >= 0.6 is 0 Å². The predicted octanol–water partition coefficient (Wildman–Crippen LogP) is 5.06. The maximum atomic E-state index is 13.1. The Morgan fingerprint density at radius 1 is 1.12 bits per heavy atom. The first-order chi connectivity index (χ1) is 12.1. The number of aromatic nitrogens is 2. The van der Waals surface area contributed by atoms with Crippen molar-refractivity contribution in [2.24, 2.45) is 5.92 Å². The molecular weight excluding hydrogens is 308 g/mol. The van der Waals surface area contributed by atoms with Gasteiger partial charge >= 0.3 is 0 Å². The largest absolute Gasteiger partial charge is 0.292 e.